The maximum atomic E-state index is 13.2. The molecule has 2 aliphatic rings. The summed E-state index contributed by atoms with van der Waals surface area (Å²) in [6, 6.07) is 8.11. The summed E-state index contributed by atoms with van der Waals surface area (Å²) in [5.74, 6) is -0.492. The van der Waals surface area contributed by atoms with E-state index >= 15 is 0 Å². The number of nitrogens with one attached hydrogen (secondary N) is 1. The normalized spacial score (nSPS) is 18.6. The van der Waals surface area contributed by atoms with Crippen LogP contribution in [-0.4, -0.2) is 85.5 Å². The van der Waals surface area contributed by atoms with Gasteiger partial charge >= 0.3 is 12.2 Å². The van der Waals surface area contributed by atoms with Crippen molar-refractivity contribution in [3.05, 3.63) is 58.1 Å². The first kappa shape index (κ1) is 31.6. The lowest BCUT2D eigenvalue weighted by atomic mass is 10.1. The number of halogens is 4. The summed E-state index contributed by atoms with van der Waals surface area (Å²) in [5, 5.41) is 2.76. The van der Waals surface area contributed by atoms with Gasteiger partial charge in [0.1, 0.15) is 16.9 Å². The number of sulfonamides is 1. The predicted octanol–water partition coefficient (Wildman–Crippen LogP) is 4.06. The molecular weight excluding hydrogens is 631 g/mol. The SMILES string of the molecule is O=C(NCc1cc(-c2ccc(C(F)(F)F)cc2)nc(OCCN2CCOCC2)n1)C1CCCN1S(=O)(=O)c1ccc(Cl)s1. The Bertz CT molecular complexity index is 1530. The van der Waals surface area contributed by atoms with Crippen molar-refractivity contribution >= 4 is 38.9 Å². The van der Waals surface area contributed by atoms with Crippen LogP contribution >= 0.6 is 22.9 Å². The number of ether oxygens (including phenoxy) is 2. The Hall–Kier alpha value is -2.82. The summed E-state index contributed by atoms with van der Waals surface area (Å²) in [5.41, 5.74) is 0.274. The van der Waals surface area contributed by atoms with Crippen molar-refractivity contribution in [2.75, 3.05) is 46.0 Å². The molecule has 4 heterocycles. The highest BCUT2D eigenvalue weighted by Crippen LogP contribution is 2.33. The fourth-order valence-corrected chi connectivity index (χ4v) is 8.10. The van der Waals surface area contributed by atoms with Crippen LogP contribution in [0.25, 0.3) is 11.3 Å². The largest absolute Gasteiger partial charge is 0.462 e. The molecule has 10 nitrogen and oxygen atoms in total. The predicted molar refractivity (Wildman–Crippen MR) is 153 cm³/mol. The Labute approximate surface area is 255 Å². The summed E-state index contributed by atoms with van der Waals surface area (Å²) in [7, 11) is -3.91. The van der Waals surface area contributed by atoms with Gasteiger partial charge in [-0.05, 0) is 43.2 Å². The van der Waals surface area contributed by atoms with Crippen molar-refractivity contribution in [2.45, 2.75) is 35.8 Å². The van der Waals surface area contributed by atoms with E-state index < -0.39 is 33.7 Å². The molecule has 2 aliphatic heterocycles. The number of nitrogens with zero attached hydrogens (tertiary/aromatic N) is 4. The van der Waals surface area contributed by atoms with Gasteiger partial charge in [-0.1, -0.05) is 23.7 Å². The Morgan fingerprint density at radius 3 is 2.53 bits per heavy atom. The topological polar surface area (TPSA) is 114 Å². The number of morpholine rings is 1. The number of hydrogen-bond donors (Lipinski definition) is 1. The van der Waals surface area contributed by atoms with Gasteiger partial charge in [-0.15, -0.1) is 11.3 Å². The minimum atomic E-state index is -4.48. The van der Waals surface area contributed by atoms with Gasteiger partial charge in [-0.2, -0.15) is 27.4 Å². The van der Waals surface area contributed by atoms with Gasteiger partial charge in [-0.3, -0.25) is 9.69 Å². The van der Waals surface area contributed by atoms with E-state index in [2.05, 4.69) is 20.2 Å². The average Bonchev–Trinajstić information content (AvgIpc) is 3.67. The van der Waals surface area contributed by atoms with E-state index in [-0.39, 0.29) is 29.9 Å². The molecule has 232 valence electrons. The number of aromatic nitrogens is 2. The fourth-order valence-electron chi connectivity index (χ4n) is 4.83. The highest BCUT2D eigenvalue weighted by molar-refractivity contribution is 7.91. The number of amides is 1. The van der Waals surface area contributed by atoms with Gasteiger partial charge in [0.05, 0.1) is 41.0 Å². The van der Waals surface area contributed by atoms with Crippen molar-refractivity contribution < 1.29 is 35.9 Å². The van der Waals surface area contributed by atoms with E-state index in [1.54, 1.807) is 6.07 Å². The summed E-state index contributed by atoms with van der Waals surface area (Å²) in [6.07, 6.45) is -3.62. The van der Waals surface area contributed by atoms with Crippen LogP contribution in [0.1, 0.15) is 24.1 Å². The Kier molecular flexibility index (Phi) is 9.88. The van der Waals surface area contributed by atoms with Gasteiger partial charge in [0.2, 0.25) is 5.91 Å². The fraction of sp³-hybridized carbons (Fsp3) is 0.444. The minimum Gasteiger partial charge on any atom is -0.462 e. The molecule has 1 aromatic carbocycles. The van der Waals surface area contributed by atoms with Crippen molar-refractivity contribution in [2.24, 2.45) is 0 Å². The monoisotopic (exact) mass is 659 g/mol. The van der Waals surface area contributed by atoms with Crippen LogP contribution in [0.15, 0.2) is 46.7 Å². The van der Waals surface area contributed by atoms with Crippen LogP contribution in [0.3, 0.4) is 0 Å². The summed E-state index contributed by atoms with van der Waals surface area (Å²) >= 11 is 6.86. The lowest BCUT2D eigenvalue weighted by molar-refractivity contribution is -0.137. The number of carbonyl (C=O) groups is 1. The molecule has 16 heteroatoms. The van der Waals surface area contributed by atoms with Gasteiger partial charge in [0.25, 0.3) is 10.0 Å². The number of alkyl halides is 3. The van der Waals surface area contributed by atoms with Gasteiger partial charge in [0.15, 0.2) is 0 Å². The van der Waals surface area contributed by atoms with Crippen LogP contribution in [-0.2, 0) is 32.3 Å². The molecule has 0 saturated carbocycles. The molecule has 0 bridgehead atoms. The molecule has 0 spiro atoms. The first-order valence-corrected chi connectivity index (χ1v) is 16.2. The number of carbonyl (C=O) groups excluding carboxylic acids is 1. The molecular formula is C27H29ClF3N5O5S2. The summed E-state index contributed by atoms with van der Waals surface area (Å²) in [6.45, 7) is 3.78. The smallest absolute Gasteiger partial charge is 0.416 e. The van der Waals surface area contributed by atoms with Crippen LogP contribution < -0.4 is 10.1 Å². The second-order valence-electron chi connectivity index (χ2n) is 9.95. The lowest BCUT2D eigenvalue weighted by Crippen LogP contribution is -2.45. The third-order valence-electron chi connectivity index (χ3n) is 7.07. The zero-order valence-corrected chi connectivity index (χ0v) is 25.2. The van der Waals surface area contributed by atoms with Crippen LogP contribution in [0.4, 0.5) is 13.2 Å². The minimum absolute atomic E-state index is 0.00884. The van der Waals surface area contributed by atoms with Gasteiger partial charge in [-0.25, -0.2) is 8.42 Å². The zero-order valence-electron chi connectivity index (χ0n) is 22.8. The van der Waals surface area contributed by atoms with E-state index in [4.69, 9.17) is 21.1 Å². The van der Waals surface area contributed by atoms with Gasteiger partial charge in [0, 0.05) is 31.7 Å². The van der Waals surface area contributed by atoms with E-state index in [0.717, 1.165) is 36.6 Å². The Morgan fingerprint density at radius 2 is 1.86 bits per heavy atom. The maximum Gasteiger partial charge on any atom is 0.416 e. The number of rotatable bonds is 10. The van der Waals surface area contributed by atoms with Crippen LogP contribution in [0.2, 0.25) is 4.34 Å². The summed E-state index contributed by atoms with van der Waals surface area (Å²) < 4.78 is 78.4. The molecule has 3 aromatic rings. The standard InChI is InChI=1S/C27H29ClF3N5O5S2/c28-23-7-8-24(42-23)43(38,39)36-9-1-2-22(36)25(37)32-17-20-16-21(18-3-5-19(6-4-18)27(29,30)31)34-26(33-20)41-15-12-35-10-13-40-14-11-35/h3-8,16,22H,1-2,9-15,17H2,(H,32,37). The van der Waals surface area contributed by atoms with Crippen LogP contribution in [0.5, 0.6) is 6.01 Å². The second-order valence-corrected chi connectivity index (χ2v) is 13.8. The quantitative estimate of drug-likeness (QED) is 0.347. The highest BCUT2D eigenvalue weighted by atomic mass is 35.5. The molecule has 2 saturated heterocycles. The van der Waals surface area contributed by atoms with Crippen LogP contribution in [0, 0.1) is 0 Å². The van der Waals surface area contributed by atoms with E-state index in [1.807, 2.05) is 0 Å². The average molecular weight is 660 g/mol. The Balaban J connectivity index is 1.31. The van der Waals surface area contributed by atoms with Crippen molar-refractivity contribution in [3.8, 4) is 17.3 Å². The number of thiophene rings is 1. The maximum absolute atomic E-state index is 13.2. The highest BCUT2D eigenvalue weighted by Gasteiger charge is 2.40. The first-order chi connectivity index (χ1) is 20.5. The second kappa shape index (κ2) is 13.4. The van der Waals surface area contributed by atoms with E-state index in [9.17, 15) is 26.4 Å². The molecule has 0 aliphatic carbocycles. The lowest BCUT2D eigenvalue weighted by Gasteiger charge is -2.26. The van der Waals surface area contributed by atoms with E-state index in [1.165, 1.54) is 28.6 Å². The third kappa shape index (κ3) is 7.83. The Morgan fingerprint density at radius 1 is 1.12 bits per heavy atom. The molecule has 2 aromatic heterocycles. The van der Waals surface area contributed by atoms with Crippen molar-refractivity contribution in [3.63, 3.8) is 0 Å². The number of hydrogen-bond acceptors (Lipinski definition) is 9. The molecule has 5 rings (SSSR count). The van der Waals surface area contributed by atoms with Crippen molar-refractivity contribution in [1.82, 2.24) is 24.5 Å². The molecule has 0 radical (unpaired) electrons. The molecule has 1 unspecified atom stereocenters. The third-order valence-corrected chi connectivity index (χ3v) is 10.7. The molecule has 1 atom stereocenters. The first-order valence-electron chi connectivity index (χ1n) is 13.5. The molecule has 1 N–H and O–H groups in total. The van der Waals surface area contributed by atoms with Crippen molar-refractivity contribution in [1.29, 1.82) is 0 Å². The molecule has 43 heavy (non-hydrogen) atoms. The molecule has 2 fully saturated rings. The zero-order chi connectivity index (χ0) is 30.6. The molecule has 1 amide bonds. The van der Waals surface area contributed by atoms with Gasteiger partial charge < -0.3 is 14.8 Å². The van der Waals surface area contributed by atoms with E-state index in [0.29, 0.717) is 53.9 Å². The summed E-state index contributed by atoms with van der Waals surface area (Å²) in [4.78, 5) is 24.2. The number of benzene rings is 1.